The Morgan fingerprint density at radius 2 is 2.06 bits per heavy atom. The predicted molar refractivity (Wildman–Crippen MR) is 132 cm³/mol. The molecule has 9 rings (SSSR count). The molecule has 2 fully saturated rings. The van der Waals surface area contributed by atoms with E-state index in [1.165, 1.54) is 12.8 Å². The molecule has 1 saturated heterocycles. The standard InChI is InChI=1S/C28H26N4O4/c33-19-8-7-15-11-20-28(35)12-16-22(30-26-29-17-3-1-2-4-18(17)32(26)25(16)34)24-27(28,21(15)23(19)36-24)9-10-31(20)13-14-5-6-14/h1-4,7-8,14,20,24,33,35H,5-6,9-13H2,(H,29,30)/t20-,24-,27-,28+/m0/s1. The van der Waals surface area contributed by atoms with Gasteiger partial charge in [-0.05, 0) is 61.9 Å². The van der Waals surface area contributed by atoms with E-state index < -0.39 is 17.1 Å². The molecule has 2 aromatic heterocycles. The van der Waals surface area contributed by atoms with E-state index in [9.17, 15) is 15.0 Å². The molecule has 4 heterocycles. The summed E-state index contributed by atoms with van der Waals surface area (Å²) in [5, 5.41) is 23.7. The number of aromatic amines is 1. The van der Waals surface area contributed by atoms with Crippen molar-refractivity contribution in [3.63, 3.8) is 0 Å². The smallest absolute Gasteiger partial charge is 0.263 e. The highest BCUT2D eigenvalue weighted by Crippen LogP contribution is 2.68. The van der Waals surface area contributed by atoms with Crippen LogP contribution in [-0.2, 0) is 18.3 Å². The van der Waals surface area contributed by atoms with Crippen molar-refractivity contribution in [2.75, 3.05) is 13.1 Å². The number of benzene rings is 2. The first-order valence-electron chi connectivity index (χ1n) is 13.0. The first-order chi connectivity index (χ1) is 17.5. The predicted octanol–water partition coefficient (Wildman–Crippen LogP) is 2.58. The zero-order chi connectivity index (χ0) is 24.0. The number of rotatable bonds is 2. The van der Waals surface area contributed by atoms with E-state index in [2.05, 4.69) is 9.88 Å². The first-order valence-corrected chi connectivity index (χ1v) is 13.0. The van der Waals surface area contributed by atoms with Crippen LogP contribution in [0.3, 0.4) is 0 Å². The Labute approximate surface area is 206 Å². The minimum atomic E-state index is -1.18. The van der Waals surface area contributed by atoms with Crippen molar-refractivity contribution in [1.29, 1.82) is 0 Å². The van der Waals surface area contributed by atoms with E-state index in [0.29, 0.717) is 41.5 Å². The third kappa shape index (κ3) is 2.08. The third-order valence-electron chi connectivity index (χ3n) is 9.82. The number of likely N-dealkylation sites (tertiary alicyclic amines) is 1. The molecule has 36 heavy (non-hydrogen) atoms. The number of aliphatic hydroxyl groups is 1. The average Bonchev–Trinajstić information content (AvgIpc) is 3.49. The highest BCUT2D eigenvalue weighted by Gasteiger charge is 2.73. The van der Waals surface area contributed by atoms with Gasteiger partial charge in [-0.1, -0.05) is 18.2 Å². The number of piperidine rings is 1. The minimum absolute atomic E-state index is 0.0928. The Morgan fingerprint density at radius 3 is 2.92 bits per heavy atom. The maximum atomic E-state index is 14.1. The molecule has 0 amide bonds. The number of aromatic nitrogens is 3. The van der Waals surface area contributed by atoms with Crippen LogP contribution in [0.25, 0.3) is 16.8 Å². The lowest BCUT2D eigenvalue weighted by Gasteiger charge is -2.62. The van der Waals surface area contributed by atoms with Gasteiger partial charge in [-0.3, -0.25) is 9.69 Å². The molecule has 2 bridgehead atoms. The van der Waals surface area contributed by atoms with Crippen molar-refractivity contribution in [2.24, 2.45) is 5.92 Å². The van der Waals surface area contributed by atoms with Crippen LogP contribution in [0.1, 0.15) is 47.8 Å². The second kappa shape index (κ2) is 6.12. The summed E-state index contributed by atoms with van der Waals surface area (Å²) in [7, 11) is 0. The molecule has 0 unspecified atom stereocenters. The van der Waals surface area contributed by atoms with Gasteiger partial charge >= 0.3 is 0 Å². The van der Waals surface area contributed by atoms with Crippen molar-refractivity contribution < 1.29 is 14.9 Å². The molecule has 1 spiro atoms. The molecule has 3 N–H and O–H groups in total. The van der Waals surface area contributed by atoms with E-state index in [4.69, 9.17) is 9.72 Å². The fourth-order valence-electron chi connectivity index (χ4n) is 8.09. The molecular formula is C28H26N4O4. The van der Waals surface area contributed by atoms with Crippen molar-refractivity contribution in [1.82, 2.24) is 19.3 Å². The molecule has 1 saturated carbocycles. The summed E-state index contributed by atoms with van der Waals surface area (Å²) < 4.78 is 8.20. The number of nitrogens with zero attached hydrogens (tertiary/aromatic N) is 3. The van der Waals surface area contributed by atoms with Crippen LogP contribution in [0.4, 0.5) is 0 Å². The largest absolute Gasteiger partial charge is 0.504 e. The number of phenolic OH excluding ortho intramolecular Hbond substituents is 1. The summed E-state index contributed by atoms with van der Waals surface area (Å²) in [6.07, 6.45) is 3.57. The Bertz CT molecular complexity index is 1700. The van der Waals surface area contributed by atoms with E-state index >= 15 is 0 Å². The molecule has 8 nitrogen and oxygen atoms in total. The first kappa shape index (κ1) is 19.8. The Kier molecular flexibility index (Phi) is 3.37. The van der Waals surface area contributed by atoms with Gasteiger partial charge < -0.3 is 19.9 Å². The van der Waals surface area contributed by atoms with Crippen LogP contribution in [-0.4, -0.2) is 54.2 Å². The summed E-state index contributed by atoms with van der Waals surface area (Å²) in [6.45, 7) is 1.86. The summed E-state index contributed by atoms with van der Waals surface area (Å²) in [4.78, 5) is 24.7. The molecule has 0 radical (unpaired) electrons. The molecule has 2 aliphatic heterocycles. The molecule has 8 heteroatoms. The SMILES string of the molecule is O=c1c2c([nH]c3nc4ccccc4n13)[C@@H]1Oc3c(O)ccc4c3[C@@]13CCN(CC1CC1)[C@@H](C4)[C@]3(O)C2. The number of imidazole rings is 1. The van der Waals surface area contributed by atoms with Gasteiger partial charge in [-0.2, -0.15) is 0 Å². The number of H-pyrrole nitrogens is 1. The summed E-state index contributed by atoms with van der Waals surface area (Å²) >= 11 is 0. The Hall–Kier alpha value is -3.36. The lowest BCUT2D eigenvalue weighted by atomic mass is 9.49. The topological polar surface area (TPSA) is 103 Å². The van der Waals surface area contributed by atoms with Crippen LogP contribution in [0.2, 0.25) is 0 Å². The van der Waals surface area contributed by atoms with E-state index in [1.54, 1.807) is 10.5 Å². The zero-order valence-electron chi connectivity index (χ0n) is 19.7. The zero-order valence-corrected chi connectivity index (χ0v) is 19.7. The highest BCUT2D eigenvalue weighted by molar-refractivity contribution is 5.79. The quantitative estimate of drug-likeness (QED) is 0.406. The van der Waals surface area contributed by atoms with Gasteiger partial charge in [0, 0.05) is 30.1 Å². The molecule has 4 atom stereocenters. The molecule has 3 aliphatic carbocycles. The van der Waals surface area contributed by atoms with Gasteiger partial charge in [0.05, 0.1) is 27.7 Å². The van der Waals surface area contributed by atoms with Crippen molar-refractivity contribution >= 4 is 16.8 Å². The number of ether oxygens (including phenoxy) is 1. The average molecular weight is 483 g/mol. The van der Waals surface area contributed by atoms with Crippen LogP contribution < -0.4 is 10.3 Å². The number of para-hydroxylation sites is 2. The van der Waals surface area contributed by atoms with Crippen LogP contribution in [0.5, 0.6) is 11.5 Å². The molecule has 2 aromatic carbocycles. The van der Waals surface area contributed by atoms with Gasteiger partial charge in [-0.25, -0.2) is 9.38 Å². The van der Waals surface area contributed by atoms with E-state index in [-0.39, 0.29) is 23.8 Å². The highest BCUT2D eigenvalue weighted by atomic mass is 16.5. The molecule has 5 aliphatic rings. The van der Waals surface area contributed by atoms with Crippen LogP contribution >= 0.6 is 0 Å². The van der Waals surface area contributed by atoms with E-state index in [1.807, 2.05) is 30.3 Å². The van der Waals surface area contributed by atoms with Crippen molar-refractivity contribution in [3.05, 3.63) is 69.1 Å². The number of nitrogens with one attached hydrogen (secondary N) is 1. The van der Waals surface area contributed by atoms with Gasteiger partial charge in [0.25, 0.3) is 5.56 Å². The van der Waals surface area contributed by atoms with Gasteiger partial charge in [0.1, 0.15) is 0 Å². The number of fused-ring (bicyclic) bond motifs is 5. The Morgan fingerprint density at radius 1 is 1.19 bits per heavy atom. The number of phenols is 1. The molecule has 182 valence electrons. The minimum Gasteiger partial charge on any atom is -0.504 e. The normalized spacial score (nSPS) is 31.9. The van der Waals surface area contributed by atoms with Crippen molar-refractivity contribution in [2.45, 2.75) is 55.3 Å². The summed E-state index contributed by atoms with van der Waals surface area (Å²) in [5.74, 6) is 1.73. The van der Waals surface area contributed by atoms with E-state index in [0.717, 1.165) is 35.2 Å². The lowest BCUT2D eigenvalue weighted by molar-refractivity contribution is -0.173. The van der Waals surface area contributed by atoms with Gasteiger partial charge in [0.2, 0.25) is 5.78 Å². The van der Waals surface area contributed by atoms with Gasteiger partial charge in [-0.15, -0.1) is 0 Å². The maximum Gasteiger partial charge on any atom is 0.263 e. The second-order valence-corrected chi connectivity index (χ2v) is 11.5. The van der Waals surface area contributed by atoms with Crippen molar-refractivity contribution in [3.8, 4) is 11.5 Å². The van der Waals surface area contributed by atoms with Crippen LogP contribution in [0.15, 0.2) is 41.2 Å². The fraction of sp³-hybridized carbons (Fsp3) is 0.429. The number of hydrogen-bond donors (Lipinski definition) is 3. The second-order valence-electron chi connectivity index (χ2n) is 11.5. The monoisotopic (exact) mass is 482 g/mol. The number of hydrogen-bond acceptors (Lipinski definition) is 6. The lowest BCUT2D eigenvalue weighted by Crippen LogP contribution is -2.75. The molecule has 4 aromatic rings. The molecular weight excluding hydrogens is 456 g/mol. The van der Waals surface area contributed by atoms with Crippen LogP contribution in [0, 0.1) is 5.92 Å². The Balaban J connectivity index is 1.35. The third-order valence-corrected chi connectivity index (χ3v) is 9.82. The summed E-state index contributed by atoms with van der Waals surface area (Å²) in [6, 6.07) is 11.2. The fourth-order valence-corrected chi connectivity index (χ4v) is 8.09. The number of aromatic hydroxyl groups is 1. The maximum absolute atomic E-state index is 14.1. The van der Waals surface area contributed by atoms with Gasteiger partial charge in [0.15, 0.2) is 17.6 Å². The summed E-state index contributed by atoms with van der Waals surface area (Å²) in [5.41, 5.74) is 2.76.